The van der Waals surface area contributed by atoms with Crippen molar-refractivity contribution in [2.45, 2.75) is 20.4 Å². The van der Waals surface area contributed by atoms with Crippen LogP contribution in [0.3, 0.4) is 0 Å². The van der Waals surface area contributed by atoms with Gasteiger partial charge in [0.15, 0.2) is 0 Å². The highest BCUT2D eigenvalue weighted by Crippen LogP contribution is 2.11. The Kier molecular flexibility index (Phi) is 6.30. The van der Waals surface area contributed by atoms with Gasteiger partial charge in [-0.2, -0.15) is 5.10 Å². The van der Waals surface area contributed by atoms with Gasteiger partial charge in [-0.1, -0.05) is 36.8 Å². The first kappa shape index (κ1) is 18.7. The largest absolute Gasteiger partial charge is 0.481 e. The molecule has 0 aliphatic carbocycles. The number of nitrogens with one attached hydrogen (secondary N) is 1. The summed E-state index contributed by atoms with van der Waals surface area (Å²) in [4.78, 5) is 24.8. The molecule has 1 aromatic heterocycles. The zero-order valence-electron chi connectivity index (χ0n) is 14.8. The number of carbonyl (C=O) groups excluding carboxylic acids is 1. The molecular formula is C18H24N4O3. The first-order chi connectivity index (χ1) is 11.8. The van der Waals surface area contributed by atoms with E-state index in [1.807, 2.05) is 25.1 Å². The summed E-state index contributed by atoms with van der Waals surface area (Å²) in [7, 11) is 1.73. The molecule has 25 heavy (non-hydrogen) atoms. The minimum atomic E-state index is -0.872. The minimum absolute atomic E-state index is 0.118. The molecule has 0 fully saturated rings. The molecule has 1 unspecified atom stereocenters. The van der Waals surface area contributed by atoms with Gasteiger partial charge >= 0.3 is 5.97 Å². The Morgan fingerprint density at radius 2 is 2.12 bits per heavy atom. The van der Waals surface area contributed by atoms with Crippen molar-refractivity contribution >= 4 is 17.7 Å². The van der Waals surface area contributed by atoms with Crippen molar-refractivity contribution in [1.82, 2.24) is 14.7 Å². The first-order valence-corrected chi connectivity index (χ1v) is 8.13. The summed E-state index contributed by atoms with van der Waals surface area (Å²) >= 11 is 0. The highest BCUT2D eigenvalue weighted by atomic mass is 16.4. The van der Waals surface area contributed by atoms with Gasteiger partial charge < -0.3 is 10.4 Å². The van der Waals surface area contributed by atoms with Crippen molar-refractivity contribution in [1.29, 1.82) is 0 Å². The third-order valence-electron chi connectivity index (χ3n) is 3.82. The smallest absolute Gasteiger partial charge is 0.307 e. The molecule has 0 saturated heterocycles. The molecule has 0 aliphatic rings. The van der Waals surface area contributed by atoms with Crippen LogP contribution in [-0.2, 0) is 16.1 Å². The Labute approximate surface area is 147 Å². The summed E-state index contributed by atoms with van der Waals surface area (Å²) in [6, 6.07) is 9.86. The van der Waals surface area contributed by atoms with Gasteiger partial charge in [0, 0.05) is 12.6 Å². The lowest BCUT2D eigenvalue weighted by Gasteiger charge is -2.18. The Balaban J connectivity index is 1.93. The van der Waals surface area contributed by atoms with Gasteiger partial charge in [-0.05, 0) is 19.5 Å². The van der Waals surface area contributed by atoms with Crippen molar-refractivity contribution in [2.24, 2.45) is 5.92 Å². The van der Waals surface area contributed by atoms with Gasteiger partial charge in [0.05, 0.1) is 25.2 Å². The van der Waals surface area contributed by atoms with Gasteiger partial charge in [-0.25, -0.2) is 4.68 Å². The van der Waals surface area contributed by atoms with Crippen LogP contribution >= 0.6 is 0 Å². The number of rotatable bonds is 8. The summed E-state index contributed by atoms with van der Waals surface area (Å²) < 4.78 is 1.73. The average molecular weight is 344 g/mol. The number of likely N-dealkylation sites (N-methyl/N-ethyl adjacent to an activating group) is 1. The Bertz CT molecular complexity index is 741. The van der Waals surface area contributed by atoms with Crippen molar-refractivity contribution in [3.63, 3.8) is 0 Å². The molecular weight excluding hydrogens is 320 g/mol. The minimum Gasteiger partial charge on any atom is -0.481 e. The van der Waals surface area contributed by atoms with E-state index in [2.05, 4.69) is 16.5 Å². The van der Waals surface area contributed by atoms with Crippen molar-refractivity contribution in [3.05, 3.63) is 47.7 Å². The Morgan fingerprint density at radius 3 is 2.80 bits per heavy atom. The second-order valence-corrected chi connectivity index (χ2v) is 6.35. The van der Waals surface area contributed by atoms with Crippen molar-refractivity contribution in [2.75, 3.05) is 25.5 Å². The molecule has 7 nitrogen and oxygen atoms in total. The molecule has 7 heteroatoms. The number of benzene rings is 1. The normalized spacial score (nSPS) is 12.2. The maximum atomic E-state index is 12.2. The van der Waals surface area contributed by atoms with Crippen molar-refractivity contribution in [3.8, 4) is 0 Å². The van der Waals surface area contributed by atoms with E-state index in [1.165, 1.54) is 5.56 Å². The van der Waals surface area contributed by atoms with Crippen LogP contribution in [0, 0.1) is 12.8 Å². The summed E-state index contributed by atoms with van der Waals surface area (Å²) in [5.41, 5.74) is 2.27. The van der Waals surface area contributed by atoms with E-state index in [1.54, 1.807) is 35.8 Å². The number of aliphatic carboxylic acids is 1. The Morgan fingerprint density at radius 1 is 1.36 bits per heavy atom. The second-order valence-electron chi connectivity index (χ2n) is 6.35. The highest BCUT2D eigenvalue weighted by molar-refractivity contribution is 5.91. The van der Waals surface area contributed by atoms with Crippen LogP contribution in [0.2, 0.25) is 0 Å². The standard InChI is InChI=1S/C18H24N4O3/c1-13-5-4-6-15(9-13)11-22-16(7-8-19-22)20-17(23)12-21(3)10-14(2)18(24)25/h4-9,14H,10-12H2,1-3H3,(H,20,23)(H,24,25). The lowest BCUT2D eigenvalue weighted by molar-refractivity contribution is -0.141. The first-order valence-electron chi connectivity index (χ1n) is 8.13. The number of aromatic nitrogens is 2. The lowest BCUT2D eigenvalue weighted by Crippen LogP contribution is -2.35. The van der Waals surface area contributed by atoms with E-state index in [0.29, 0.717) is 18.9 Å². The van der Waals surface area contributed by atoms with E-state index >= 15 is 0 Å². The maximum Gasteiger partial charge on any atom is 0.307 e. The molecule has 1 heterocycles. The number of carboxylic acids is 1. The van der Waals surface area contributed by atoms with E-state index in [9.17, 15) is 9.59 Å². The number of aryl methyl sites for hydroxylation is 1. The van der Waals surface area contributed by atoms with Crippen LogP contribution in [0.25, 0.3) is 0 Å². The molecule has 134 valence electrons. The van der Waals surface area contributed by atoms with Gasteiger partial charge in [0.1, 0.15) is 5.82 Å². The summed E-state index contributed by atoms with van der Waals surface area (Å²) in [5.74, 6) is -0.981. The third kappa shape index (κ3) is 5.72. The third-order valence-corrected chi connectivity index (χ3v) is 3.82. The number of anilines is 1. The average Bonchev–Trinajstić information content (AvgIpc) is 2.93. The topological polar surface area (TPSA) is 87.5 Å². The fourth-order valence-electron chi connectivity index (χ4n) is 2.59. The number of nitrogens with zero attached hydrogens (tertiary/aromatic N) is 3. The molecule has 0 spiro atoms. The number of carboxylic acid groups (broad SMARTS) is 1. The molecule has 1 amide bonds. The van der Waals surface area contributed by atoms with E-state index in [-0.39, 0.29) is 12.5 Å². The number of hydrogen-bond acceptors (Lipinski definition) is 4. The summed E-state index contributed by atoms with van der Waals surface area (Å²) in [6.07, 6.45) is 1.64. The van der Waals surface area contributed by atoms with Gasteiger partial charge in [0.25, 0.3) is 0 Å². The fourth-order valence-corrected chi connectivity index (χ4v) is 2.59. The van der Waals surface area contributed by atoms with Gasteiger partial charge in [-0.15, -0.1) is 0 Å². The number of hydrogen-bond donors (Lipinski definition) is 2. The predicted molar refractivity (Wildman–Crippen MR) is 95.4 cm³/mol. The molecule has 0 aliphatic heterocycles. The maximum absolute atomic E-state index is 12.2. The van der Waals surface area contributed by atoms with Crippen LogP contribution < -0.4 is 5.32 Å². The van der Waals surface area contributed by atoms with Crippen LogP contribution in [0.4, 0.5) is 5.82 Å². The van der Waals surface area contributed by atoms with E-state index < -0.39 is 11.9 Å². The quantitative estimate of drug-likeness (QED) is 0.763. The molecule has 2 rings (SSSR count). The van der Waals surface area contributed by atoms with E-state index in [0.717, 1.165) is 5.56 Å². The monoisotopic (exact) mass is 344 g/mol. The summed E-state index contributed by atoms with van der Waals surface area (Å²) in [5, 5.41) is 16.0. The lowest BCUT2D eigenvalue weighted by atomic mass is 10.1. The molecule has 1 aromatic carbocycles. The predicted octanol–water partition coefficient (Wildman–Crippen LogP) is 1.83. The molecule has 0 radical (unpaired) electrons. The van der Waals surface area contributed by atoms with Crippen LogP contribution in [0.1, 0.15) is 18.1 Å². The fraction of sp³-hybridized carbons (Fsp3) is 0.389. The molecule has 0 saturated carbocycles. The van der Waals surface area contributed by atoms with Crippen LogP contribution in [0.5, 0.6) is 0 Å². The second kappa shape index (κ2) is 8.43. The molecule has 1 atom stereocenters. The SMILES string of the molecule is Cc1cccc(Cn2nccc2NC(=O)CN(C)CC(C)C(=O)O)c1. The van der Waals surface area contributed by atoms with Crippen LogP contribution in [-0.4, -0.2) is 51.8 Å². The molecule has 2 aromatic rings. The summed E-state index contributed by atoms with van der Waals surface area (Å²) in [6.45, 7) is 4.64. The van der Waals surface area contributed by atoms with Crippen molar-refractivity contribution < 1.29 is 14.7 Å². The molecule has 0 bridgehead atoms. The zero-order valence-corrected chi connectivity index (χ0v) is 14.8. The zero-order chi connectivity index (χ0) is 18.4. The van der Waals surface area contributed by atoms with Gasteiger partial charge in [-0.3, -0.25) is 14.5 Å². The Hall–Kier alpha value is -2.67. The van der Waals surface area contributed by atoms with Crippen LogP contribution in [0.15, 0.2) is 36.5 Å². The van der Waals surface area contributed by atoms with E-state index in [4.69, 9.17) is 5.11 Å². The highest BCUT2D eigenvalue weighted by Gasteiger charge is 2.16. The number of carbonyl (C=O) groups is 2. The molecule has 2 N–H and O–H groups in total. The van der Waals surface area contributed by atoms with Gasteiger partial charge in [0.2, 0.25) is 5.91 Å². The number of amides is 1.